The summed E-state index contributed by atoms with van der Waals surface area (Å²) in [4.78, 5) is 30.6. The second kappa shape index (κ2) is 10.9. The summed E-state index contributed by atoms with van der Waals surface area (Å²) in [5.41, 5.74) is 1.03. The lowest BCUT2D eigenvalue weighted by molar-refractivity contribution is -0.129. The average Bonchev–Trinajstić information content (AvgIpc) is 2.89. The maximum atomic E-state index is 13.7. The van der Waals surface area contributed by atoms with E-state index in [1.807, 2.05) is 11.0 Å². The molecule has 5 rings (SSSR count). The highest BCUT2D eigenvalue weighted by Crippen LogP contribution is 2.26. The molecule has 2 saturated heterocycles. The van der Waals surface area contributed by atoms with E-state index in [0.717, 1.165) is 31.7 Å². The highest BCUT2D eigenvalue weighted by molar-refractivity contribution is 6.00. The van der Waals surface area contributed by atoms with Crippen molar-refractivity contribution >= 4 is 11.8 Å². The largest absolute Gasteiger partial charge is 0.493 e. The molecule has 9 heteroatoms. The van der Waals surface area contributed by atoms with E-state index in [1.165, 1.54) is 12.1 Å². The smallest absolute Gasteiger partial charge is 0.258 e. The van der Waals surface area contributed by atoms with Crippen molar-refractivity contribution in [2.45, 2.75) is 50.5 Å². The van der Waals surface area contributed by atoms with E-state index in [0.29, 0.717) is 49.7 Å². The van der Waals surface area contributed by atoms with E-state index in [-0.39, 0.29) is 30.6 Å². The number of nitrogens with zero attached hydrogens (tertiary/aromatic N) is 2. The molecule has 7 nitrogen and oxygen atoms in total. The Kier molecular flexibility index (Phi) is 7.48. The van der Waals surface area contributed by atoms with Crippen molar-refractivity contribution in [3.05, 3.63) is 65.2 Å². The van der Waals surface area contributed by atoms with Gasteiger partial charge in [0.1, 0.15) is 11.8 Å². The molecule has 2 aromatic carbocycles. The predicted octanol–water partition coefficient (Wildman–Crippen LogP) is 3.13. The first-order valence-electron chi connectivity index (χ1n) is 12.6. The Morgan fingerprint density at radius 3 is 2.67 bits per heavy atom. The van der Waals surface area contributed by atoms with Crippen molar-refractivity contribution in [1.82, 2.24) is 15.1 Å². The van der Waals surface area contributed by atoms with Crippen LogP contribution in [0.2, 0.25) is 0 Å². The lowest BCUT2D eigenvalue weighted by Crippen LogP contribution is -2.61. The summed E-state index contributed by atoms with van der Waals surface area (Å²) in [5, 5.41) is 3.01. The van der Waals surface area contributed by atoms with Crippen LogP contribution in [-0.4, -0.2) is 72.6 Å². The number of piperazine rings is 1. The summed E-state index contributed by atoms with van der Waals surface area (Å²) in [6.07, 6.45) is 3.55. The average molecular weight is 500 g/mol. The summed E-state index contributed by atoms with van der Waals surface area (Å²) in [5.74, 6) is -1.81. The topological polar surface area (TPSA) is 71.1 Å². The minimum Gasteiger partial charge on any atom is -0.493 e. The zero-order valence-corrected chi connectivity index (χ0v) is 20.1. The van der Waals surface area contributed by atoms with Gasteiger partial charge in [-0.05, 0) is 49.1 Å². The lowest BCUT2D eigenvalue weighted by Gasteiger charge is -2.41. The third-order valence-electron chi connectivity index (χ3n) is 7.17. The third kappa shape index (κ3) is 5.52. The standard InChI is InChI=1S/C27H31F2N3O4/c28-22-9-8-18(14-23(22)29)16-31-11-12-32-24(17-31)26(33)30-15-20-5-3-4-19(36-20)10-13-35-25-7-2-1-6-21(25)27(32)34/h1-2,6-9,14,19-20,24H,3-5,10-13,15-17H2,(H,30,33)/t19-,20-,24-/m0/s1. The Morgan fingerprint density at radius 1 is 0.972 bits per heavy atom. The van der Waals surface area contributed by atoms with Crippen LogP contribution in [0.5, 0.6) is 5.75 Å². The Hall–Kier alpha value is -3.04. The van der Waals surface area contributed by atoms with Gasteiger partial charge in [0.2, 0.25) is 5.91 Å². The number of benzene rings is 2. The van der Waals surface area contributed by atoms with Gasteiger partial charge in [0.05, 0.1) is 24.4 Å². The fraction of sp³-hybridized carbons (Fsp3) is 0.481. The molecule has 36 heavy (non-hydrogen) atoms. The first-order valence-corrected chi connectivity index (χ1v) is 12.6. The zero-order chi connectivity index (χ0) is 25.1. The molecule has 2 amide bonds. The molecular formula is C27H31F2N3O4. The quantitative estimate of drug-likeness (QED) is 0.688. The number of nitrogens with one attached hydrogen (secondary N) is 1. The molecule has 3 heterocycles. The van der Waals surface area contributed by atoms with Crippen LogP contribution in [0.4, 0.5) is 8.78 Å². The molecule has 0 unspecified atom stereocenters. The van der Waals surface area contributed by atoms with Crippen LogP contribution in [0.25, 0.3) is 0 Å². The second-order valence-corrected chi connectivity index (χ2v) is 9.69. The second-order valence-electron chi connectivity index (χ2n) is 9.69. The molecule has 2 aromatic rings. The number of rotatable bonds is 2. The first kappa shape index (κ1) is 24.6. The van der Waals surface area contributed by atoms with E-state index in [2.05, 4.69) is 5.32 Å². The molecule has 0 aromatic heterocycles. The van der Waals surface area contributed by atoms with Gasteiger partial charge in [-0.2, -0.15) is 0 Å². The minimum atomic E-state index is -0.903. The van der Waals surface area contributed by atoms with Crippen LogP contribution in [0.15, 0.2) is 42.5 Å². The molecule has 3 aliphatic heterocycles. The Labute approximate surface area is 209 Å². The Morgan fingerprint density at radius 2 is 1.81 bits per heavy atom. The summed E-state index contributed by atoms with van der Waals surface area (Å²) in [7, 11) is 0. The number of halogens is 2. The lowest BCUT2D eigenvalue weighted by atomic mass is 10.0. The van der Waals surface area contributed by atoms with Gasteiger partial charge in [-0.3, -0.25) is 14.5 Å². The first-order chi connectivity index (χ1) is 17.5. The maximum Gasteiger partial charge on any atom is 0.258 e. The van der Waals surface area contributed by atoms with Crippen LogP contribution < -0.4 is 10.1 Å². The molecule has 0 radical (unpaired) electrons. The van der Waals surface area contributed by atoms with Gasteiger partial charge >= 0.3 is 0 Å². The number of hydrogen-bond acceptors (Lipinski definition) is 5. The molecule has 0 saturated carbocycles. The van der Waals surface area contributed by atoms with Gasteiger partial charge in [-0.1, -0.05) is 18.2 Å². The number of fused-ring (bicyclic) bond motifs is 4. The van der Waals surface area contributed by atoms with Gasteiger partial charge in [0, 0.05) is 39.1 Å². The Balaban J connectivity index is 1.40. The van der Waals surface area contributed by atoms with Crippen molar-refractivity contribution in [3.63, 3.8) is 0 Å². The number of amides is 2. The SMILES string of the molecule is O=C1NC[C@@H]2CCC[C@@H](CCOc3ccccc3C(=O)N3CCN(Cc4ccc(F)c(F)c4)C[C@@H]13)O2. The third-order valence-corrected chi connectivity index (χ3v) is 7.17. The van der Waals surface area contributed by atoms with Crippen molar-refractivity contribution in [1.29, 1.82) is 0 Å². The summed E-state index contributed by atoms with van der Waals surface area (Å²) < 4.78 is 39.3. The summed E-state index contributed by atoms with van der Waals surface area (Å²) in [6.45, 7) is 2.25. The van der Waals surface area contributed by atoms with E-state index < -0.39 is 17.7 Å². The molecule has 2 fully saturated rings. The number of carbonyl (C=O) groups excluding carboxylic acids is 2. The monoisotopic (exact) mass is 499 g/mol. The Bertz CT molecular complexity index is 1110. The van der Waals surface area contributed by atoms with Crippen LogP contribution in [0, 0.1) is 11.6 Å². The van der Waals surface area contributed by atoms with Crippen LogP contribution in [0.3, 0.4) is 0 Å². The summed E-state index contributed by atoms with van der Waals surface area (Å²) >= 11 is 0. The normalized spacial score (nSPS) is 25.7. The highest BCUT2D eigenvalue weighted by Gasteiger charge is 2.37. The molecule has 192 valence electrons. The van der Waals surface area contributed by atoms with Gasteiger partial charge in [-0.25, -0.2) is 8.78 Å². The van der Waals surface area contributed by atoms with Gasteiger partial charge < -0.3 is 19.7 Å². The predicted molar refractivity (Wildman–Crippen MR) is 129 cm³/mol. The van der Waals surface area contributed by atoms with Crippen molar-refractivity contribution < 1.29 is 27.8 Å². The van der Waals surface area contributed by atoms with Crippen molar-refractivity contribution in [2.24, 2.45) is 0 Å². The fourth-order valence-corrected chi connectivity index (χ4v) is 5.25. The van der Waals surface area contributed by atoms with E-state index in [4.69, 9.17) is 9.47 Å². The molecule has 0 spiro atoms. The molecule has 0 aliphatic carbocycles. The molecule has 2 bridgehead atoms. The van der Waals surface area contributed by atoms with E-state index in [9.17, 15) is 18.4 Å². The van der Waals surface area contributed by atoms with E-state index in [1.54, 1.807) is 23.1 Å². The van der Waals surface area contributed by atoms with Gasteiger partial charge in [-0.15, -0.1) is 0 Å². The molecule has 3 atom stereocenters. The number of para-hydroxylation sites is 1. The van der Waals surface area contributed by atoms with Crippen LogP contribution >= 0.6 is 0 Å². The van der Waals surface area contributed by atoms with Crippen LogP contribution in [-0.2, 0) is 16.1 Å². The van der Waals surface area contributed by atoms with Crippen molar-refractivity contribution in [3.8, 4) is 5.75 Å². The fourth-order valence-electron chi connectivity index (χ4n) is 5.25. The molecule has 1 N–H and O–H groups in total. The van der Waals surface area contributed by atoms with Crippen molar-refractivity contribution in [2.75, 3.05) is 32.8 Å². The van der Waals surface area contributed by atoms with E-state index >= 15 is 0 Å². The minimum absolute atomic E-state index is 0.0595. The van der Waals surface area contributed by atoms with Gasteiger partial charge in [0.15, 0.2) is 11.6 Å². The van der Waals surface area contributed by atoms with Gasteiger partial charge in [0.25, 0.3) is 5.91 Å². The highest BCUT2D eigenvalue weighted by atomic mass is 19.2. The van der Waals surface area contributed by atoms with Crippen LogP contribution in [0.1, 0.15) is 41.6 Å². The number of ether oxygens (including phenoxy) is 2. The zero-order valence-electron chi connectivity index (χ0n) is 20.1. The molecular weight excluding hydrogens is 468 g/mol. The summed E-state index contributed by atoms with van der Waals surface area (Å²) in [6, 6.07) is 10.2. The molecule has 3 aliphatic rings. The number of hydrogen-bond donors (Lipinski definition) is 1. The number of carbonyl (C=O) groups is 2. The maximum absolute atomic E-state index is 13.7.